The SMILES string of the molecule is Cl.O=[N+]([O-])c1cccnc1SCC1CCNCC1. The third kappa shape index (κ3) is 4.12. The first kappa shape index (κ1) is 15.2. The maximum absolute atomic E-state index is 10.8. The number of aromatic nitrogens is 1. The molecule has 18 heavy (non-hydrogen) atoms. The van der Waals surface area contributed by atoms with Crippen molar-refractivity contribution < 1.29 is 4.92 Å². The van der Waals surface area contributed by atoms with Crippen LogP contribution < -0.4 is 5.32 Å². The number of piperidine rings is 1. The van der Waals surface area contributed by atoms with Gasteiger partial charge in [0.15, 0.2) is 5.03 Å². The molecule has 0 saturated carbocycles. The van der Waals surface area contributed by atoms with Gasteiger partial charge in [-0.3, -0.25) is 10.1 Å². The second-order valence-electron chi connectivity index (χ2n) is 4.09. The van der Waals surface area contributed by atoms with Gasteiger partial charge in [0.05, 0.1) is 4.92 Å². The Morgan fingerprint density at radius 3 is 2.89 bits per heavy atom. The van der Waals surface area contributed by atoms with Gasteiger partial charge >= 0.3 is 5.69 Å². The lowest BCUT2D eigenvalue weighted by Gasteiger charge is -2.21. The zero-order valence-corrected chi connectivity index (χ0v) is 11.5. The molecule has 0 aliphatic carbocycles. The predicted octanol–water partition coefficient (Wildman–Crippen LogP) is 2.50. The van der Waals surface area contributed by atoms with Gasteiger partial charge in [0.1, 0.15) is 0 Å². The van der Waals surface area contributed by atoms with Gasteiger partial charge < -0.3 is 5.32 Å². The summed E-state index contributed by atoms with van der Waals surface area (Å²) in [6, 6.07) is 3.12. The Bertz CT molecular complexity index is 400. The van der Waals surface area contributed by atoms with E-state index in [0.717, 1.165) is 31.7 Å². The third-order valence-electron chi connectivity index (χ3n) is 2.86. The summed E-state index contributed by atoms with van der Waals surface area (Å²) < 4.78 is 0. The van der Waals surface area contributed by atoms with Gasteiger partial charge in [-0.15, -0.1) is 12.4 Å². The minimum atomic E-state index is -0.363. The first-order valence-corrected chi connectivity index (χ1v) is 6.69. The van der Waals surface area contributed by atoms with Crippen LogP contribution in [0.25, 0.3) is 0 Å². The van der Waals surface area contributed by atoms with Gasteiger partial charge in [0.2, 0.25) is 0 Å². The van der Waals surface area contributed by atoms with Crippen LogP contribution in [0.2, 0.25) is 0 Å². The quantitative estimate of drug-likeness (QED) is 0.524. The van der Waals surface area contributed by atoms with E-state index >= 15 is 0 Å². The monoisotopic (exact) mass is 289 g/mol. The molecule has 7 heteroatoms. The fourth-order valence-electron chi connectivity index (χ4n) is 1.88. The molecule has 1 aromatic heterocycles. The van der Waals surface area contributed by atoms with Crippen molar-refractivity contribution in [2.75, 3.05) is 18.8 Å². The van der Waals surface area contributed by atoms with Crippen molar-refractivity contribution in [2.45, 2.75) is 17.9 Å². The van der Waals surface area contributed by atoms with Crippen molar-refractivity contribution in [3.63, 3.8) is 0 Å². The van der Waals surface area contributed by atoms with Crippen LogP contribution in [0.15, 0.2) is 23.4 Å². The smallest absolute Gasteiger partial charge is 0.301 e. The first-order valence-electron chi connectivity index (χ1n) is 5.70. The number of nitrogens with one attached hydrogen (secondary N) is 1. The van der Waals surface area contributed by atoms with Gasteiger partial charge in [-0.2, -0.15) is 0 Å². The summed E-state index contributed by atoms with van der Waals surface area (Å²) in [6.45, 7) is 2.10. The number of rotatable bonds is 4. The second kappa shape index (κ2) is 7.56. The van der Waals surface area contributed by atoms with Gasteiger partial charge in [0, 0.05) is 18.0 Å². The lowest BCUT2D eigenvalue weighted by Crippen LogP contribution is -2.28. The van der Waals surface area contributed by atoms with E-state index in [-0.39, 0.29) is 23.0 Å². The number of thioether (sulfide) groups is 1. The minimum Gasteiger partial charge on any atom is -0.317 e. The summed E-state index contributed by atoms with van der Waals surface area (Å²) in [6.07, 6.45) is 3.90. The van der Waals surface area contributed by atoms with Crippen LogP contribution in [-0.4, -0.2) is 28.7 Å². The van der Waals surface area contributed by atoms with E-state index in [0.29, 0.717) is 10.9 Å². The zero-order valence-electron chi connectivity index (χ0n) is 9.87. The number of hydrogen-bond donors (Lipinski definition) is 1. The Hall–Kier alpha value is -0.850. The minimum absolute atomic E-state index is 0. The van der Waals surface area contributed by atoms with Gasteiger partial charge in [-0.1, -0.05) is 11.8 Å². The highest BCUT2D eigenvalue weighted by Crippen LogP contribution is 2.29. The van der Waals surface area contributed by atoms with Crippen molar-refractivity contribution in [1.82, 2.24) is 10.3 Å². The van der Waals surface area contributed by atoms with E-state index in [1.807, 2.05) is 0 Å². The van der Waals surface area contributed by atoms with Crippen molar-refractivity contribution >= 4 is 29.9 Å². The van der Waals surface area contributed by atoms with Gasteiger partial charge in [-0.05, 0) is 37.9 Å². The zero-order chi connectivity index (χ0) is 12.1. The molecule has 5 nitrogen and oxygen atoms in total. The van der Waals surface area contributed by atoms with E-state index < -0.39 is 0 Å². The van der Waals surface area contributed by atoms with Crippen LogP contribution in [0.5, 0.6) is 0 Å². The molecule has 0 aromatic carbocycles. The molecule has 1 fully saturated rings. The molecule has 0 bridgehead atoms. The number of nitro groups is 1. The molecule has 1 saturated heterocycles. The molecule has 2 rings (SSSR count). The Labute approximate surface area is 116 Å². The molecule has 0 radical (unpaired) electrons. The van der Waals surface area contributed by atoms with Crippen molar-refractivity contribution in [3.05, 3.63) is 28.4 Å². The Kier molecular flexibility index (Phi) is 6.38. The molecule has 100 valence electrons. The van der Waals surface area contributed by atoms with Crippen LogP contribution >= 0.6 is 24.2 Å². The Balaban J connectivity index is 0.00000162. The lowest BCUT2D eigenvalue weighted by atomic mass is 10.0. The first-order chi connectivity index (χ1) is 8.27. The van der Waals surface area contributed by atoms with E-state index in [4.69, 9.17) is 0 Å². The van der Waals surface area contributed by atoms with Crippen LogP contribution in [0.4, 0.5) is 5.69 Å². The number of nitrogens with zero attached hydrogens (tertiary/aromatic N) is 2. The summed E-state index contributed by atoms with van der Waals surface area (Å²) in [5.74, 6) is 1.56. The lowest BCUT2D eigenvalue weighted by molar-refractivity contribution is -0.388. The molecule has 0 amide bonds. The van der Waals surface area contributed by atoms with Crippen LogP contribution in [0.1, 0.15) is 12.8 Å². The predicted molar refractivity (Wildman–Crippen MR) is 74.5 cm³/mol. The van der Waals surface area contributed by atoms with Gasteiger partial charge in [0.25, 0.3) is 0 Å². The van der Waals surface area contributed by atoms with E-state index in [2.05, 4.69) is 10.3 Å². The molecular weight excluding hydrogens is 274 g/mol. The average Bonchev–Trinajstić information content (AvgIpc) is 2.38. The largest absolute Gasteiger partial charge is 0.317 e. The molecule has 1 aliphatic rings. The van der Waals surface area contributed by atoms with E-state index in [9.17, 15) is 10.1 Å². The van der Waals surface area contributed by atoms with E-state index in [1.54, 1.807) is 12.3 Å². The molecule has 1 aliphatic heterocycles. The molecule has 1 aromatic rings. The molecule has 2 heterocycles. The van der Waals surface area contributed by atoms with Gasteiger partial charge in [-0.25, -0.2) is 4.98 Å². The Morgan fingerprint density at radius 1 is 1.50 bits per heavy atom. The summed E-state index contributed by atoms with van der Waals surface area (Å²) in [7, 11) is 0. The van der Waals surface area contributed by atoms with E-state index in [1.165, 1.54) is 17.8 Å². The maximum atomic E-state index is 10.8. The van der Waals surface area contributed by atoms with Crippen molar-refractivity contribution in [1.29, 1.82) is 0 Å². The van der Waals surface area contributed by atoms with Crippen LogP contribution in [0.3, 0.4) is 0 Å². The fourth-order valence-corrected chi connectivity index (χ4v) is 3.03. The average molecular weight is 290 g/mol. The van der Waals surface area contributed by atoms with Crippen molar-refractivity contribution in [3.8, 4) is 0 Å². The van der Waals surface area contributed by atoms with Crippen molar-refractivity contribution in [2.24, 2.45) is 5.92 Å². The highest BCUT2D eigenvalue weighted by molar-refractivity contribution is 7.99. The molecule has 0 unspecified atom stereocenters. The topological polar surface area (TPSA) is 68.1 Å². The second-order valence-corrected chi connectivity index (χ2v) is 5.10. The number of pyridine rings is 1. The maximum Gasteiger partial charge on any atom is 0.301 e. The fraction of sp³-hybridized carbons (Fsp3) is 0.545. The van der Waals surface area contributed by atoms with Crippen LogP contribution in [-0.2, 0) is 0 Å². The standard InChI is InChI=1S/C11H15N3O2S.ClH/c15-14(16)10-2-1-5-13-11(10)17-8-9-3-6-12-7-4-9;/h1-2,5,9,12H,3-4,6-8H2;1H. The number of hydrogen-bond acceptors (Lipinski definition) is 5. The Morgan fingerprint density at radius 2 is 2.22 bits per heavy atom. The summed E-state index contributed by atoms with van der Waals surface area (Å²) in [4.78, 5) is 14.5. The third-order valence-corrected chi connectivity index (χ3v) is 4.09. The highest BCUT2D eigenvalue weighted by Gasteiger charge is 2.18. The summed E-state index contributed by atoms with van der Waals surface area (Å²) >= 11 is 1.50. The molecular formula is C11H16ClN3O2S. The normalized spacial score (nSPS) is 16.0. The summed E-state index contributed by atoms with van der Waals surface area (Å²) in [5.41, 5.74) is 0.117. The number of halogens is 1. The van der Waals surface area contributed by atoms with Crippen LogP contribution in [0, 0.1) is 16.0 Å². The molecule has 1 N–H and O–H groups in total. The molecule has 0 atom stereocenters. The molecule has 0 spiro atoms. The highest BCUT2D eigenvalue weighted by atomic mass is 35.5. The summed E-state index contributed by atoms with van der Waals surface area (Å²) in [5, 5.41) is 14.7.